The Morgan fingerprint density at radius 2 is 1.63 bits per heavy atom. The fourth-order valence-electron chi connectivity index (χ4n) is 4.73. The molecular formula is C28H32N2O5. The first-order valence-electron chi connectivity index (χ1n) is 11.8. The number of methoxy groups -OCH3 is 3. The lowest BCUT2D eigenvalue weighted by atomic mass is 9.98. The first-order valence-corrected chi connectivity index (χ1v) is 11.8. The number of amides is 2. The van der Waals surface area contributed by atoms with E-state index in [1.54, 1.807) is 21.3 Å². The number of carbonyl (C=O) groups is 2. The van der Waals surface area contributed by atoms with E-state index in [0.717, 1.165) is 46.8 Å². The summed E-state index contributed by atoms with van der Waals surface area (Å²) < 4.78 is 16.5. The van der Waals surface area contributed by atoms with Crippen molar-refractivity contribution >= 4 is 22.6 Å². The average molecular weight is 477 g/mol. The van der Waals surface area contributed by atoms with Gasteiger partial charge in [-0.05, 0) is 58.5 Å². The van der Waals surface area contributed by atoms with Gasteiger partial charge < -0.3 is 24.4 Å². The van der Waals surface area contributed by atoms with Crippen LogP contribution in [0.1, 0.15) is 25.3 Å². The number of nitrogens with zero attached hydrogens (tertiary/aromatic N) is 1. The number of ether oxygens (including phenoxy) is 3. The van der Waals surface area contributed by atoms with Crippen LogP contribution in [-0.2, 0) is 16.0 Å². The molecule has 7 heteroatoms. The van der Waals surface area contributed by atoms with Gasteiger partial charge in [0.25, 0.3) is 0 Å². The third-order valence-electron chi connectivity index (χ3n) is 6.44. The molecule has 3 aromatic rings. The van der Waals surface area contributed by atoms with Crippen LogP contribution < -0.4 is 19.5 Å². The van der Waals surface area contributed by atoms with Gasteiger partial charge in [0.1, 0.15) is 0 Å². The highest BCUT2D eigenvalue weighted by Crippen LogP contribution is 2.41. The Bertz CT molecular complexity index is 1210. The monoisotopic (exact) mass is 476 g/mol. The molecule has 1 N–H and O–H groups in total. The Morgan fingerprint density at radius 3 is 2.29 bits per heavy atom. The summed E-state index contributed by atoms with van der Waals surface area (Å²) in [6, 6.07) is 16.3. The van der Waals surface area contributed by atoms with Gasteiger partial charge in [0.05, 0.1) is 27.8 Å². The van der Waals surface area contributed by atoms with E-state index in [0.29, 0.717) is 30.2 Å². The molecule has 1 fully saturated rings. The number of likely N-dealkylation sites (tertiary alicyclic amines) is 1. The fourth-order valence-corrected chi connectivity index (χ4v) is 4.73. The van der Waals surface area contributed by atoms with E-state index in [-0.39, 0.29) is 17.9 Å². The zero-order chi connectivity index (χ0) is 24.9. The van der Waals surface area contributed by atoms with E-state index >= 15 is 0 Å². The zero-order valence-electron chi connectivity index (χ0n) is 20.7. The summed E-state index contributed by atoms with van der Waals surface area (Å²) >= 11 is 0. The molecule has 0 radical (unpaired) electrons. The summed E-state index contributed by atoms with van der Waals surface area (Å²) in [5, 5.41) is 5.09. The highest BCUT2D eigenvalue weighted by molar-refractivity contribution is 5.89. The van der Waals surface area contributed by atoms with Crippen LogP contribution in [0.4, 0.5) is 0 Å². The number of hydrogen-bond acceptors (Lipinski definition) is 5. The van der Waals surface area contributed by atoms with Crippen LogP contribution in [-0.4, -0.2) is 57.2 Å². The van der Waals surface area contributed by atoms with Crippen LogP contribution in [0.15, 0.2) is 48.5 Å². The minimum absolute atomic E-state index is 0.0304. The molecule has 2 amide bonds. The molecule has 3 aromatic carbocycles. The number of hydrogen-bond donors (Lipinski definition) is 1. The lowest BCUT2D eigenvalue weighted by Crippen LogP contribution is -2.49. The summed E-state index contributed by atoms with van der Waals surface area (Å²) in [5.41, 5.74) is 2.92. The van der Waals surface area contributed by atoms with Crippen LogP contribution in [0.5, 0.6) is 17.2 Å². The Hall–Kier alpha value is -3.74. The molecule has 0 bridgehead atoms. The molecule has 7 nitrogen and oxygen atoms in total. The maximum atomic E-state index is 13.0. The summed E-state index contributed by atoms with van der Waals surface area (Å²) in [6.07, 6.45) is 2.13. The second-order valence-electron chi connectivity index (χ2n) is 8.87. The molecule has 1 aliphatic rings. The second kappa shape index (κ2) is 10.7. The molecule has 1 aliphatic heterocycles. The summed E-state index contributed by atoms with van der Waals surface area (Å²) in [7, 11) is 4.79. The third kappa shape index (κ3) is 5.50. The number of carbonyl (C=O) groups excluding carboxylic acids is 2. The molecule has 0 aromatic heterocycles. The van der Waals surface area contributed by atoms with Crippen molar-refractivity contribution in [2.45, 2.75) is 32.2 Å². The van der Waals surface area contributed by atoms with Crippen LogP contribution in [0.3, 0.4) is 0 Å². The van der Waals surface area contributed by atoms with Crippen molar-refractivity contribution in [3.8, 4) is 28.4 Å². The Morgan fingerprint density at radius 1 is 0.914 bits per heavy atom. The summed E-state index contributed by atoms with van der Waals surface area (Å²) in [4.78, 5) is 26.3. The van der Waals surface area contributed by atoms with E-state index < -0.39 is 0 Å². The summed E-state index contributed by atoms with van der Waals surface area (Å²) in [5.74, 6) is 1.78. The van der Waals surface area contributed by atoms with Gasteiger partial charge in [-0.15, -0.1) is 0 Å². The lowest BCUT2D eigenvalue weighted by molar-refractivity contribution is -0.132. The van der Waals surface area contributed by atoms with Crippen molar-refractivity contribution in [2.75, 3.05) is 34.4 Å². The largest absolute Gasteiger partial charge is 0.493 e. The number of benzene rings is 3. The van der Waals surface area contributed by atoms with Crippen LogP contribution in [0, 0.1) is 0 Å². The Labute approximate surface area is 206 Å². The van der Waals surface area contributed by atoms with Crippen molar-refractivity contribution in [1.29, 1.82) is 0 Å². The molecule has 0 spiro atoms. The van der Waals surface area contributed by atoms with Crippen LogP contribution >= 0.6 is 0 Å². The van der Waals surface area contributed by atoms with Gasteiger partial charge in [0, 0.05) is 26.1 Å². The number of fused-ring (bicyclic) bond motifs is 1. The minimum Gasteiger partial charge on any atom is -0.493 e. The van der Waals surface area contributed by atoms with Crippen molar-refractivity contribution in [3.05, 3.63) is 54.1 Å². The van der Waals surface area contributed by atoms with Crippen molar-refractivity contribution in [2.24, 2.45) is 0 Å². The van der Waals surface area contributed by atoms with E-state index in [9.17, 15) is 9.59 Å². The maximum Gasteiger partial charge on any atom is 0.227 e. The first-order chi connectivity index (χ1) is 16.9. The van der Waals surface area contributed by atoms with Gasteiger partial charge in [-0.2, -0.15) is 0 Å². The van der Waals surface area contributed by atoms with Crippen LogP contribution in [0.25, 0.3) is 21.9 Å². The summed E-state index contributed by atoms with van der Waals surface area (Å²) in [6.45, 7) is 2.81. The van der Waals surface area contributed by atoms with Gasteiger partial charge in [0.2, 0.25) is 17.6 Å². The molecule has 0 saturated carbocycles. The third-order valence-corrected chi connectivity index (χ3v) is 6.44. The smallest absolute Gasteiger partial charge is 0.227 e. The molecule has 1 heterocycles. The molecular weight excluding hydrogens is 444 g/mol. The van der Waals surface area contributed by atoms with E-state index in [2.05, 4.69) is 29.6 Å². The van der Waals surface area contributed by atoms with Crippen LogP contribution in [0.2, 0.25) is 0 Å². The lowest BCUT2D eigenvalue weighted by Gasteiger charge is -2.33. The molecule has 1 atom stereocenters. The van der Waals surface area contributed by atoms with Gasteiger partial charge in [0.15, 0.2) is 11.5 Å². The molecule has 184 valence electrons. The van der Waals surface area contributed by atoms with Gasteiger partial charge in [-0.25, -0.2) is 0 Å². The Kier molecular flexibility index (Phi) is 7.44. The predicted octanol–water partition coefficient (Wildman–Crippen LogP) is 4.20. The quantitative estimate of drug-likeness (QED) is 0.553. The van der Waals surface area contributed by atoms with Gasteiger partial charge in [-0.3, -0.25) is 9.59 Å². The molecule has 0 aliphatic carbocycles. The van der Waals surface area contributed by atoms with E-state index in [1.807, 2.05) is 29.2 Å². The van der Waals surface area contributed by atoms with E-state index in [1.165, 1.54) is 6.92 Å². The number of nitrogens with one attached hydrogen (secondary N) is 1. The van der Waals surface area contributed by atoms with Gasteiger partial charge >= 0.3 is 0 Å². The van der Waals surface area contributed by atoms with Crippen molar-refractivity contribution < 1.29 is 23.8 Å². The number of rotatable bonds is 7. The zero-order valence-corrected chi connectivity index (χ0v) is 20.7. The molecule has 4 rings (SSSR count). The topological polar surface area (TPSA) is 77.1 Å². The Balaban J connectivity index is 1.57. The molecule has 1 unspecified atom stereocenters. The number of piperidine rings is 1. The van der Waals surface area contributed by atoms with E-state index in [4.69, 9.17) is 14.2 Å². The predicted molar refractivity (Wildman–Crippen MR) is 136 cm³/mol. The highest BCUT2D eigenvalue weighted by atomic mass is 16.5. The first kappa shape index (κ1) is 24.4. The minimum atomic E-state index is -0.0540. The maximum absolute atomic E-state index is 13.0. The van der Waals surface area contributed by atoms with Crippen molar-refractivity contribution in [3.63, 3.8) is 0 Å². The second-order valence-corrected chi connectivity index (χ2v) is 8.87. The van der Waals surface area contributed by atoms with Gasteiger partial charge in [-0.1, -0.05) is 30.3 Å². The fraction of sp³-hybridized carbons (Fsp3) is 0.357. The molecule has 1 saturated heterocycles. The average Bonchev–Trinajstić information content (AvgIpc) is 2.87. The normalized spacial score (nSPS) is 15.5. The SMILES string of the molecule is COc1cc(-c2ccc3ccc(CC(=O)N4CCCC(NC(C)=O)C4)cc3c2)cc(OC)c1OC. The van der Waals surface area contributed by atoms with Crippen molar-refractivity contribution in [1.82, 2.24) is 10.2 Å². The molecule has 35 heavy (non-hydrogen) atoms. The highest BCUT2D eigenvalue weighted by Gasteiger charge is 2.24. The standard InChI is InChI=1S/C28H32N2O5/c1-18(31)29-24-6-5-11-30(17-24)27(32)13-19-7-8-20-9-10-21(14-22(20)12-19)23-15-25(33-2)28(35-4)26(16-23)34-3/h7-10,12,14-16,24H,5-6,11,13,17H2,1-4H3,(H,29,31).